The zero-order chi connectivity index (χ0) is 15.0. The van der Waals surface area contributed by atoms with Crippen LogP contribution in [0.25, 0.3) is 0 Å². The summed E-state index contributed by atoms with van der Waals surface area (Å²) in [6.07, 6.45) is 6.31. The van der Waals surface area contributed by atoms with E-state index in [0.717, 1.165) is 51.1 Å². The van der Waals surface area contributed by atoms with Gasteiger partial charge in [0.25, 0.3) is 0 Å². The van der Waals surface area contributed by atoms with Crippen molar-refractivity contribution in [3.05, 3.63) is 0 Å². The van der Waals surface area contributed by atoms with Gasteiger partial charge in [0.05, 0.1) is 5.54 Å². The first kappa shape index (κ1) is 15.8. The van der Waals surface area contributed by atoms with Gasteiger partial charge >= 0.3 is 0 Å². The molecule has 3 nitrogen and oxygen atoms in total. The van der Waals surface area contributed by atoms with Crippen LogP contribution >= 0.6 is 0 Å². The summed E-state index contributed by atoms with van der Waals surface area (Å²) >= 11 is 0. The van der Waals surface area contributed by atoms with Crippen molar-refractivity contribution in [2.24, 2.45) is 23.0 Å². The summed E-state index contributed by atoms with van der Waals surface area (Å²) < 4.78 is 0. The van der Waals surface area contributed by atoms with Crippen LogP contribution in [-0.2, 0) is 4.79 Å². The number of piperidine rings is 1. The number of hydrogen-bond acceptors (Lipinski definition) is 2. The lowest BCUT2D eigenvalue weighted by atomic mass is 9.73. The smallest absolute Gasteiger partial charge is 0.242 e. The molecule has 0 aromatic rings. The van der Waals surface area contributed by atoms with E-state index in [2.05, 4.69) is 27.7 Å². The minimum atomic E-state index is -0.577. The Kier molecular flexibility index (Phi) is 4.48. The summed E-state index contributed by atoms with van der Waals surface area (Å²) in [4.78, 5) is 14.8. The summed E-state index contributed by atoms with van der Waals surface area (Å²) in [6.45, 7) is 10.9. The molecule has 2 atom stereocenters. The second-order valence-corrected chi connectivity index (χ2v) is 8.29. The van der Waals surface area contributed by atoms with Crippen LogP contribution in [0.3, 0.4) is 0 Å². The fourth-order valence-electron chi connectivity index (χ4n) is 4.05. The van der Waals surface area contributed by atoms with Crippen molar-refractivity contribution >= 4 is 5.91 Å². The summed E-state index contributed by atoms with van der Waals surface area (Å²) in [5.74, 6) is 1.53. The van der Waals surface area contributed by atoms with E-state index in [0.29, 0.717) is 11.3 Å². The molecule has 1 heterocycles. The number of rotatable bonds is 1. The first-order chi connectivity index (χ1) is 9.22. The maximum atomic E-state index is 12.8. The standard InChI is InChI=1S/C17H32N2O/c1-13-6-5-9-17(18,12-13)15(20)19-10-7-14(8-11-19)16(2,3)4/h13-14H,5-12,18H2,1-4H3. The molecule has 2 N–H and O–H groups in total. The van der Waals surface area contributed by atoms with Gasteiger partial charge in [0.1, 0.15) is 0 Å². The van der Waals surface area contributed by atoms with Gasteiger partial charge in [-0.15, -0.1) is 0 Å². The zero-order valence-corrected chi connectivity index (χ0v) is 13.7. The van der Waals surface area contributed by atoms with Crippen LogP contribution in [0.15, 0.2) is 0 Å². The van der Waals surface area contributed by atoms with E-state index in [9.17, 15) is 4.79 Å². The molecular formula is C17H32N2O. The van der Waals surface area contributed by atoms with Crippen LogP contribution in [0.2, 0.25) is 0 Å². The van der Waals surface area contributed by atoms with E-state index < -0.39 is 5.54 Å². The number of likely N-dealkylation sites (tertiary alicyclic amines) is 1. The maximum absolute atomic E-state index is 12.8. The average molecular weight is 280 g/mol. The van der Waals surface area contributed by atoms with Crippen LogP contribution in [0.1, 0.15) is 66.2 Å². The third-order valence-electron chi connectivity index (χ3n) is 5.47. The summed E-state index contributed by atoms with van der Waals surface area (Å²) in [6, 6.07) is 0. The monoisotopic (exact) mass is 280 g/mol. The molecule has 1 saturated heterocycles. The molecule has 2 fully saturated rings. The lowest BCUT2D eigenvalue weighted by molar-refractivity contribution is -0.140. The van der Waals surface area contributed by atoms with Gasteiger partial charge in [-0.25, -0.2) is 0 Å². The first-order valence-corrected chi connectivity index (χ1v) is 8.30. The molecule has 1 amide bonds. The van der Waals surface area contributed by atoms with E-state index in [1.165, 1.54) is 6.42 Å². The van der Waals surface area contributed by atoms with E-state index in [1.54, 1.807) is 0 Å². The normalized spacial score (nSPS) is 33.2. The van der Waals surface area contributed by atoms with Crippen molar-refractivity contribution in [3.63, 3.8) is 0 Å². The van der Waals surface area contributed by atoms with Gasteiger partial charge in [-0.2, -0.15) is 0 Å². The first-order valence-electron chi connectivity index (χ1n) is 8.30. The lowest BCUT2D eigenvalue weighted by Gasteiger charge is -2.43. The van der Waals surface area contributed by atoms with Gasteiger partial charge in [0, 0.05) is 13.1 Å². The molecule has 0 radical (unpaired) electrons. The van der Waals surface area contributed by atoms with Gasteiger partial charge in [0.2, 0.25) is 5.91 Å². The Morgan fingerprint density at radius 1 is 1.20 bits per heavy atom. The summed E-state index contributed by atoms with van der Waals surface area (Å²) in [7, 11) is 0. The van der Waals surface area contributed by atoms with Crippen molar-refractivity contribution in [1.29, 1.82) is 0 Å². The summed E-state index contributed by atoms with van der Waals surface area (Å²) in [5.41, 5.74) is 6.23. The van der Waals surface area contributed by atoms with Gasteiger partial charge in [-0.1, -0.05) is 40.5 Å². The Labute approximate surface area is 124 Å². The molecule has 116 valence electrons. The summed E-state index contributed by atoms with van der Waals surface area (Å²) in [5, 5.41) is 0. The number of nitrogens with two attached hydrogens (primary N) is 1. The van der Waals surface area contributed by atoms with Gasteiger partial charge in [-0.3, -0.25) is 4.79 Å². The fraction of sp³-hybridized carbons (Fsp3) is 0.941. The van der Waals surface area contributed by atoms with E-state index in [4.69, 9.17) is 5.73 Å². The quantitative estimate of drug-likeness (QED) is 0.802. The van der Waals surface area contributed by atoms with Crippen molar-refractivity contribution in [1.82, 2.24) is 4.90 Å². The highest BCUT2D eigenvalue weighted by Gasteiger charge is 2.42. The van der Waals surface area contributed by atoms with Crippen LogP contribution in [0.4, 0.5) is 0 Å². The number of nitrogens with zero attached hydrogens (tertiary/aromatic N) is 1. The van der Waals surface area contributed by atoms with Crippen LogP contribution in [0, 0.1) is 17.3 Å². The number of carbonyl (C=O) groups is 1. The second kappa shape index (κ2) is 5.67. The van der Waals surface area contributed by atoms with Gasteiger partial charge < -0.3 is 10.6 Å². The molecule has 0 bridgehead atoms. The number of amides is 1. The topological polar surface area (TPSA) is 46.3 Å². The second-order valence-electron chi connectivity index (χ2n) is 8.29. The molecule has 1 aliphatic carbocycles. The van der Waals surface area contributed by atoms with Crippen molar-refractivity contribution in [3.8, 4) is 0 Å². The fourth-order valence-corrected chi connectivity index (χ4v) is 4.05. The van der Waals surface area contributed by atoms with Crippen molar-refractivity contribution < 1.29 is 4.79 Å². The lowest BCUT2D eigenvalue weighted by Crippen LogP contribution is -2.58. The minimum absolute atomic E-state index is 0.219. The highest BCUT2D eigenvalue weighted by molar-refractivity contribution is 5.86. The highest BCUT2D eigenvalue weighted by Crippen LogP contribution is 2.36. The van der Waals surface area contributed by atoms with E-state index in [1.807, 2.05) is 4.90 Å². The Hall–Kier alpha value is -0.570. The average Bonchev–Trinajstić information content (AvgIpc) is 2.37. The molecule has 20 heavy (non-hydrogen) atoms. The molecule has 1 saturated carbocycles. The largest absolute Gasteiger partial charge is 0.341 e. The molecule has 0 aromatic heterocycles. The Bertz CT molecular complexity index is 352. The van der Waals surface area contributed by atoms with Crippen LogP contribution in [-0.4, -0.2) is 29.4 Å². The molecule has 2 unspecified atom stereocenters. The third-order valence-corrected chi connectivity index (χ3v) is 5.47. The van der Waals surface area contributed by atoms with E-state index >= 15 is 0 Å². The number of hydrogen-bond donors (Lipinski definition) is 1. The molecule has 2 rings (SSSR count). The third kappa shape index (κ3) is 3.36. The molecule has 3 heteroatoms. The molecule has 2 aliphatic rings. The SMILES string of the molecule is CC1CCCC(N)(C(=O)N2CCC(C(C)(C)C)CC2)C1. The Balaban J connectivity index is 1.95. The molecular weight excluding hydrogens is 248 g/mol. The highest BCUT2D eigenvalue weighted by atomic mass is 16.2. The predicted molar refractivity (Wildman–Crippen MR) is 83.3 cm³/mol. The molecule has 1 aliphatic heterocycles. The molecule has 0 aromatic carbocycles. The van der Waals surface area contributed by atoms with E-state index in [-0.39, 0.29) is 5.91 Å². The predicted octanol–water partition coefficient (Wildman–Crippen LogP) is 3.18. The zero-order valence-electron chi connectivity index (χ0n) is 13.7. The molecule has 0 spiro atoms. The van der Waals surface area contributed by atoms with Crippen LogP contribution < -0.4 is 5.73 Å². The Morgan fingerprint density at radius 2 is 1.80 bits per heavy atom. The number of carbonyl (C=O) groups excluding carboxylic acids is 1. The van der Waals surface area contributed by atoms with Crippen LogP contribution in [0.5, 0.6) is 0 Å². The van der Waals surface area contributed by atoms with Crippen molar-refractivity contribution in [2.75, 3.05) is 13.1 Å². The van der Waals surface area contributed by atoms with Gasteiger partial charge in [-0.05, 0) is 42.9 Å². The maximum Gasteiger partial charge on any atom is 0.242 e. The minimum Gasteiger partial charge on any atom is -0.341 e. The Morgan fingerprint density at radius 3 is 2.30 bits per heavy atom. The van der Waals surface area contributed by atoms with Crippen molar-refractivity contribution in [2.45, 2.75) is 71.8 Å². The van der Waals surface area contributed by atoms with Gasteiger partial charge in [0.15, 0.2) is 0 Å².